The molecule has 1 N–H and O–H groups in total. The number of carbonyl (C=O) groups is 1. The lowest BCUT2D eigenvalue weighted by atomic mass is 10.2. The van der Waals surface area contributed by atoms with Crippen molar-refractivity contribution in [1.29, 1.82) is 0 Å². The van der Waals surface area contributed by atoms with Gasteiger partial charge in [0.15, 0.2) is 0 Å². The Hall–Kier alpha value is -1.39. The van der Waals surface area contributed by atoms with E-state index in [1.54, 1.807) is 24.3 Å². The Bertz CT molecular complexity index is 598. The summed E-state index contributed by atoms with van der Waals surface area (Å²) in [5, 5.41) is 2.65. The van der Waals surface area contributed by atoms with Gasteiger partial charge in [0.2, 0.25) is 0 Å². The van der Waals surface area contributed by atoms with Gasteiger partial charge in [-0.1, -0.05) is 18.2 Å². The van der Waals surface area contributed by atoms with Crippen molar-refractivity contribution in [2.45, 2.75) is 5.88 Å². The fourth-order valence-corrected chi connectivity index (χ4v) is 2.33. The Morgan fingerprint density at radius 1 is 1.26 bits per heavy atom. The second kappa shape index (κ2) is 6.17. The predicted molar refractivity (Wildman–Crippen MR) is 78.1 cm³/mol. The second-order valence-electron chi connectivity index (χ2n) is 3.88. The van der Waals surface area contributed by atoms with Crippen LogP contribution in [0.5, 0.6) is 0 Å². The smallest absolute Gasteiger partial charge is 0.259 e. The minimum atomic E-state index is -0.569. The topological polar surface area (TPSA) is 29.1 Å². The molecule has 19 heavy (non-hydrogen) atoms. The van der Waals surface area contributed by atoms with E-state index >= 15 is 0 Å². The maximum absolute atomic E-state index is 13.6. The van der Waals surface area contributed by atoms with Crippen molar-refractivity contribution in [3.63, 3.8) is 0 Å². The molecule has 2 rings (SSSR count). The van der Waals surface area contributed by atoms with Crippen molar-refractivity contribution in [1.82, 2.24) is 0 Å². The lowest BCUT2D eigenvalue weighted by molar-refractivity contribution is 0.102. The zero-order valence-corrected chi connectivity index (χ0v) is 12.1. The van der Waals surface area contributed by atoms with Crippen molar-refractivity contribution in [2.24, 2.45) is 0 Å². The van der Waals surface area contributed by atoms with Gasteiger partial charge in [0.1, 0.15) is 5.82 Å². The van der Waals surface area contributed by atoms with E-state index in [1.807, 2.05) is 6.07 Å². The van der Waals surface area contributed by atoms with Crippen LogP contribution >= 0.6 is 27.5 Å². The van der Waals surface area contributed by atoms with E-state index in [9.17, 15) is 9.18 Å². The molecule has 5 heteroatoms. The summed E-state index contributed by atoms with van der Waals surface area (Å²) in [6, 6.07) is 11.5. The van der Waals surface area contributed by atoms with Crippen LogP contribution in [-0.4, -0.2) is 5.91 Å². The molecule has 0 fully saturated rings. The van der Waals surface area contributed by atoms with Crippen molar-refractivity contribution in [3.8, 4) is 0 Å². The van der Waals surface area contributed by atoms with Gasteiger partial charge >= 0.3 is 0 Å². The van der Waals surface area contributed by atoms with Gasteiger partial charge in [0.25, 0.3) is 5.91 Å². The molecule has 0 unspecified atom stereocenters. The molecule has 0 spiro atoms. The standard InChI is InChI=1S/C14H10BrClFNO/c15-11-5-2-6-12(17)13(11)14(19)18-10-4-1-3-9(7-10)8-16/h1-7H,8H2,(H,18,19). The van der Waals surface area contributed by atoms with Gasteiger partial charge in [-0.3, -0.25) is 4.79 Å². The van der Waals surface area contributed by atoms with Gasteiger partial charge in [-0.15, -0.1) is 11.6 Å². The molecule has 0 radical (unpaired) electrons. The summed E-state index contributed by atoms with van der Waals surface area (Å²) in [6.45, 7) is 0. The first kappa shape index (κ1) is 14.0. The molecule has 98 valence electrons. The summed E-state index contributed by atoms with van der Waals surface area (Å²) in [7, 11) is 0. The molecule has 2 nitrogen and oxygen atoms in total. The van der Waals surface area contributed by atoms with E-state index in [0.29, 0.717) is 16.0 Å². The molecule has 0 saturated heterocycles. The predicted octanol–water partition coefficient (Wildman–Crippen LogP) is 4.58. The number of carbonyl (C=O) groups excluding carboxylic acids is 1. The van der Waals surface area contributed by atoms with E-state index in [-0.39, 0.29) is 5.56 Å². The van der Waals surface area contributed by atoms with Crippen LogP contribution in [0.2, 0.25) is 0 Å². The van der Waals surface area contributed by atoms with E-state index in [0.717, 1.165) is 5.56 Å². The third kappa shape index (κ3) is 3.33. The van der Waals surface area contributed by atoms with Gasteiger partial charge in [-0.25, -0.2) is 4.39 Å². The Balaban J connectivity index is 2.26. The van der Waals surface area contributed by atoms with Gasteiger partial charge in [0, 0.05) is 16.0 Å². The minimum absolute atomic E-state index is 0.0150. The molecule has 0 aliphatic rings. The molecule has 0 aliphatic carbocycles. The zero-order chi connectivity index (χ0) is 13.8. The highest BCUT2D eigenvalue weighted by atomic mass is 79.9. The van der Waals surface area contributed by atoms with Gasteiger partial charge in [0.05, 0.1) is 5.56 Å². The van der Waals surface area contributed by atoms with Crippen LogP contribution in [0.15, 0.2) is 46.9 Å². The largest absolute Gasteiger partial charge is 0.322 e. The van der Waals surface area contributed by atoms with Crippen LogP contribution in [0.25, 0.3) is 0 Å². The quantitative estimate of drug-likeness (QED) is 0.813. The average Bonchev–Trinajstić information content (AvgIpc) is 2.38. The lowest BCUT2D eigenvalue weighted by Crippen LogP contribution is -2.14. The zero-order valence-electron chi connectivity index (χ0n) is 9.79. The van der Waals surface area contributed by atoms with Crippen molar-refractivity contribution in [2.75, 3.05) is 5.32 Å². The maximum atomic E-state index is 13.6. The molecule has 0 saturated carbocycles. The number of anilines is 1. The van der Waals surface area contributed by atoms with Crippen LogP contribution in [-0.2, 0) is 5.88 Å². The number of nitrogens with one attached hydrogen (secondary N) is 1. The number of hydrogen-bond acceptors (Lipinski definition) is 1. The number of benzene rings is 2. The van der Waals surface area contributed by atoms with E-state index in [2.05, 4.69) is 21.2 Å². The maximum Gasteiger partial charge on any atom is 0.259 e. The van der Waals surface area contributed by atoms with Crippen LogP contribution in [0.1, 0.15) is 15.9 Å². The second-order valence-corrected chi connectivity index (χ2v) is 5.01. The monoisotopic (exact) mass is 341 g/mol. The molecule has 2 aromatic carbocycles. The molecule has 0 heterocycles. The lowest BCUT2D eigenvalue weighted by Gasteiger charge is -2.08. The SMILES string of the molecule is O=C(Nc1cccc(CCl)c1)c1c(F)cccc1Br. The number of hydrogen-bond donors (Lipinski definition) is 1. The Labute approximate surface area is 123 Å². The van der Waals surface area contributed by atoms with Crippen molar-refractivity contribution < 1.29 is 9.18 Å². The molecular formula is C14H10BrClFNO. The number of alkyl halides is 1. The molecule has 0 atom stereocenters. The first-order valence-electron chi connectivity index (χ1n) is 5.52. The Morgan fingerprint density at radius 3 is 2.68 bits per heavy atom. The third-order valence-corrected chi connectivity index (χ3v) is 3.50. The third-order valence-electron chi connectivity index (χ3n) is 2.53. The molecule has 0 bridgehead atoms. The van der Waals surface area contributed by atoms with E-state index in [1.165, 1.54) is 12.1 Å². The normalized spacial score (nSPS) is 10.3. The fourth-order valence-electron chi connectivity index (χ4n) is 1.64. The van der Waals surface area contributed by atoms with E-state index < -0.39 is 11.7 Å². The summed E-state index contributed by atoms with van der Waals surface area (Å²) in [5.74, 6) is -0.718. The first-order chi connectivity index (χ1) is 9.11. The number of amides is 1. The molecule has 2 aromatic rings. The average molecular weight is 343 g/mol. The molecule has 1 amide bonds. The summed E-state index contributed by atoms with van der Waals surface area (Å²) in [5.41, 5.74) is 1.45. The van der Waals surface area contributed by atoms with Crippen molar-refractivity contribution >= 4 is 39.1 Å². The molecular weight excluding hydrogens is 333 g/mol. The number of rotatable bonds is 3. The van der Waals surface area contributed by atoms with Crippen molar-refractivity contribution in [3.05, 3.63) is 63.9 Å². The summed E-state index contributed by atoms with van der Waals surface area (Å²) in [4.78, 5) is 12.0. The highest BCUT2D eigenvalue weighted by molar-refractivity contribution is 9.10. The van der Waals surface area contributed by atoms with Crippen LogP contribution < -0.4 is 5.32 Å². The van der Waals surface area contributed by atoms with Gasteiger partial charge in [-0.05, 0) is 45.8 Å². The minimum Gasteiger partial charge on any atom is -0.322 e. The van der Waals surface area contributed by atoms with Gasteiger partial charge < -0.3 is 5.32 Å². The summed E-state index contributed by atoms with van der Waals surface area (Å²) < 4.78 is 14.1. The van der Waals surface area contributed by atoms with E-state index in [4.69, 9.17) is 11.6 Å². The van der Waals surface area contributed by atoms with Crippen LogP contribution in [0, 0.1) is 5.82 Å². The number of halogens is 3. The highest BCUT2D eigenvalue weighted by Gasteiger charge is 2.15. The van der Waals surface area contributed by atoms with Gasteiger partial charge in [-0.2, -0.15) is 0 Å². The fraction of sp³-hybridized carbons (Fsp3) is 0.0714. The molecule has 0 aliphatic heterocycles. The first-order valence-corrected chi connectivity index (χ1v) is 6.85. The Morgan fingerprint density at radius 2 is 2.00 bits per heavy atom. The summed E-state index contributed by atoms with van der Waals surface area (Å²) in [6.07, 6.45) is 0. The summed E-state index contributed by atoms with van der Waals surface area (Å²) >= 11 is 8.89. The molecule has 0 aromatic heterocycles. The Kier molecular flexibility index (Phi) is 4.56. The highest BCUT2D eigenvalue weighted by Crippen LogP contribution is 2.21. The van der Waals surface area contributed by atoms with Crippen LogP contribution in [0.3, 0.4) is 0 Å². The van der Waals surface area contributed by atoms with Crippen LogP contribution in [0.4, 0.5) is 10.1 Å².